The van der Waals surface area contributed by atoms with E-state index in [9.17, 15) is 4.79 Å². The van der Waals surface area contributed by atoms with Gasteiger partial charge in [0.15, 0.2) is 5.13 Å². The van der Waals surface area contributed by atoms with Crippen molar-refractivity contribution in [3.8, 4) is 17.0 Å². The molecule has 2 aromatic heterocycles. The zero-order chi connectivity index (χ0) is 20.5. The third kappa shape index (κ3) is 3.89. The number of amides is 1. The fraction of sp³-hybridized carbons (Fsp3) is 0.217. The molecule has 0 aliphatic heterocycles. The van der Waals surface area contributed by atoms with E-state index >= 15 is 0 Å². The summed E-state index contributed by atoms with van der Waals surface area (Å²) in [4.78, 5) is 17.2. The zero-order valence-corrected chi connectivity index (χ0v) is 17.6. The molecule has 0 aliphatic rings. The summed E-state index contributed by atoms with van der Waals surface area (Å²) < 4.78 is 10.8. The van der Waals surface area contributed by atoms with Crippen molar-refractivity contribution in [2.75, 3.05) is 12.4 Å². The monoisotopic (exact) mass is 406 g/mol. The summed E-state index contributed by atoms with van der Waals surface area (Å²) in [6, 6.07) is 9.90. The van der Waals surface area contributed by atoms with Crippen molar-refractivity contribution in [2.45, 2.75) is 27.2 Å². The SMILES string of the molecule is COc1ccc2c(CC(=O)Nc3nc(-c4cc(C)c(C)cc4C)cs3)coc2c1. The molecule has 1 N–H and O–H groups in total. The van der Waals surface area contributed by atoms with Crippen LogP contribution in [0, 0.1) is 20.8 Å². The molecule has 0 saturated carbocycles. The van der Waals surface area contributed by atoms with E-state index in [4.69, 9.17) is 9.15 Å². The lowest BCUT2D eigenvalue weighted by molar-refractivity contribution is -0.115. The number of anilines is 1. The average molecular weight is 407 g/mol. The summed E-state index contributed by atoms with van der Waals surface area (Å²) in [7, 11) is 1.61. The maximum Gasteiger partial charge on any atom is 0.230 e. The first-order chi connectivity index (χ1) is 13.9. The molecule has 0 spiro atoms. The van der Waals surface area contributed by atoms with Gasteiger partial charge < -0.3 is 14.5 Å². The Balaban J connectivity index is 1.49. The number of fused-ring (bicyclic) bond motifs is 1. The zero-order valence-electron chi connectivity index (χ0n) is 16.8. The van der Waals surface area contributed by atoms with E-state index in [1.165, 1.54) is 28.0 Å². The van der Waals surface area contributed by atoms with Gasteiger partial charge in [0, 0.05) is 28.0 Å². The Morgan fingerprint density at radius 3 is 2.72 bits per heavy atom. The third-order valence-electron chi connectivity index (χ3n) is 5.08. The third-order valence-corrected chi connectivity index (χ3v) is 5.84. The molecule has 0 atom stereocenters. The number of methoxy groups -OCH3 is 1. The number of aromatic nitrogens is 1. The molecule has 1 amide bonds. The van der Waals surface area contributed by atoms with E-state index in [1.54, 1.807) is 13.4 Å². The van der Waals surface area contributed by atoms with Crippen LogP contribution < -0.4 is 10.1 Å². The highest BCUT2D eigenvalue weighted by atomic mass is 32.1. The molecule has 0 radical (unpaired) electrons. The van der Waals surface area contributed by atoms with Gasteiger partial charge in [-0.3, -0.25) is 4.79 Å². The van der Waals surface area contributed by atoms with Crippen LogP contribution >= 0.6 is 11.3 Å². The van der Waals surface area contributed by atoms with E-state index in [-0.39, 0.29) is 12.3 Å². The Bertz CT molecular complexity index is 1210. The highest BCUT2D eigenvalue weighted by Crippen LogP contribution is 2.30. The topological polar surface area (TPSA) is 64.4 Å². The van der Waals surface area contributed by atoms with Gasteiger partial charge in [0.05, 0.1) is 25.5 Å². The maximum atomic E-state index is 12.5. The molecule has 0 saturated heterocycles. The Kier molecular flexibility index (Phi) is 5.11. The van der Waals surface area contributed by atoms with Gasteiger partial charge in [-0.25, -0.2) is 4.98 Å². The van der Waals surface area contributed by atoms with Gasteiger partial charge in [0.25, 0.3) is 0 Å². The number of ether oxygens (including phenoxy) is 1. The van der Waals surface area contributed by atoms with Crippen LogP contribution in [-0.4, -0.2) is 18.0 Å². The Hall–Kier alpha value is -3.12. The quantitative estimate of drug-likeness (QED) is 0.464. The molecule has 6 heteroatoms. The van der Waals surface area contributed by atoms with Gasteiger partial charge in [-0.05, 0) is 55.7 Å². The number of aryl methyl sites for hydroxylation is 3. The number of nitrogens with zero attached hydrogens (tertiary/aromatic N) is 1. The maximum absolute atomic E-state index is 12.5. The van der Waals surface area contributed by atoms with Crippen molar-refractivity contribution in [1.82, 2.24) is 4.98 Å². The molecule has 4 rings (SSSR count). The molecule has 2 aromatic carbocycles. The highest BCUT2D eigenvalue weighted by Gasteiger charge is 2.14. The lowest BCUT2D eigenvalue weighted by Crippen LogP contribution is -2.14. The van der Waals surface area contributed by atoms with E-state index < -0.39 is 0 Å². The van der Waals surface area contributed by atoms with Gasteiger partial charge in [-0.15, -0.1) is 11.3 Å². The smallest absolute Gasteiger partial charge is 0.230 e. The van der Waals surface area contributed by atoms with Crippen molar-refractivity contribution in [1.29, 1.82) is 0 Å². The summed E-state index contributed by atoms with van der Waals surface area (Å²) in [5, 5.41) is 6.39. The number of carbonyl (C=O) groups is 1. The van der Waals surface area contributed by atoms with Crippen LogP contribution in [0.25, 0.3) is 22.2 Å². The number of hydrogen-bond acceptors (Lipinski definition) is 5. The summed E-state index contributed by atoms with van der Waals surface area (Å²) in [6.07, 6.45) is 1.84. The first-order valence-electron chi connectivity index (χ1n) is 9.32. The molecule has 2 heterocycles. The molecule has 4 aromatic rings. The number of benzene rings is 2. The van der Waals surface area contributed by atoms with E-state index in [0.717, 1.165) is 28.0 Å². The molecule has 0 aliphatic carbocycles. The number of thiazole rings is 1. The van der Waals surface area contributed by atoms with Crippen molar-refractivity contribution in [3.05, 3.63) is 64.2 Å². The van der Waals surface area contributed by atoms with Crippen LogP contribution in [0.2, 0.25) is 0 Å². The molecular formula is C23H22N2O3S. The average Bonchev–Trinajstić information content (AvgIpc) is 3.31. The number of carbonyl (C=O) groups excluding carboxylic acids is 1. The Morgan fingerprint density at radius 2 is 1.93 bits per heavy atom. The second-order valence-corrected chi connectivity index (χ2v) is 8.00. The van der Waals surface area contributed by atoms with Gasteiger partial charge >= 0.3 is 0 Å². The van der Waals surface area contributed by atoms with E-state index in [1.807, 2.05) is 23.6 Å². The second kappa shape index (κ2) is 7.72. The standard InChI is InChI=1S/C23H22N2O3S/c1-13-7-15(3)19(8-14(13)2)20-12-29-23(24-20)25-22(26)9-16-11-28-21-10-17(27-4)5-6-18(16)21/h5-8,10-12H,9H2,1-4H3,(H,24,25,26). The van der Waals surface area contributed by atoms with Crippen LogP contribution in [0.1, 0.15) is 22.3 Å². The Labute approximate surface area is 173 Å². The minimum atomic E-state index is -0.124. The Morgan fingerprint density at radius 1 is 1.14 bits per heavy atom. The van der Waals surface area contributed by atoms with Crippen molar-refractivity contribution >= 4 is 33.3 Å². The van der Waals surface area contributed by atoms with Crippen molar-refractivity contribution in [3.63, 3.8) is 0 Å². The minimum Gasteiger partial charge on any atom is -0.497 e. The fourth-order valence-electron chi connectivity index (χ4n) is 3.36. The van der Waals surface area contributed by atoms with Crippen molar-refractivity contribution < 1.29 is 13.9 Å². The molecule has 0 fully saturated rings. The largest absolute Gasteiger partial charge is 0.497 e. The lowest BCUT2D eigenvalue weighted by Gasteiger charge is -2.07. The highest BCUT2D eigenvalue weighted by molar-refractivity contribution is 7.14. The van der Waals surface area contributed by atoms with Crippen LogP contribution in [0.5, 0.6) is 5.75 Å². The number of hydrogen-bond donors (Lipinski definition) is 1. The van der Waals surface area contributed by atoms with Gasteiger partial charge in [0.1, 0.15) is 11.3 Å². The summed E-state index contributed by atoms with van der Waals surface area (Å²) in [6.45, 7) is 6.28. The molecule has 0 bridgehead atoms. The van der Waals surface area contributed by atoms with Gasteiger partial charge in [-0.1, -0.05) is 6.07 Å². The van der Waals surface area contributed by atoms with Crippen LogP contribution in [0.15, 0.2) is 46.4 Å². The molecule has 0 unspecified atom stereocenters. The van der Waals surface area contributed by atoms with E-state index in [0.29, 0.717) is 10.7 Å². The lowest BCUT2D eigenvalue weighted by atomic mass is 9.99. The van der Waals surface area contributed by atoms with Crippen LogP contribution in [-0.2, 0) is 11.2 Å². The minimum absolute atomic E-state index is 0.124. The normalized spacial score (nSPS) is 11.0. The summed E-state index contributed by atoms with van der Waals surface area (Å²) in [5.41, 5.74) is 7.19. The number of rotatable bonds is 5. The second-order valence-electron chi connectivity index (χ2n) is 7.14. The van der Waals surface area contributed by atoms with Crippen LogP contribution in [0.4, 0.5) is 5.13 Å². The fourth-order valence-corrected chi connectivity index (χ4v) is 4.08. The predicted octanol–water partition coefficient (Wildman–Crippen LogP) is 5.67. The number of furan rings is 1. The van der Waals surface area contributed by atoms with E-state index in [2.05, 4.69) is 43.2 Å². The summed E-state index contributed by atoms with van der Waals surface area (Å²) >= 11 is 1.43. The predicted molar refractivity (Wildman–Crippen MR) is 117 cm³/mol. The summed E-state index contributed by atoms with van der Waals surface area (Å²) in [5.74, 6) is 0.598. The van der Waals surface area contributed by atoms with Gasteiger partial charge in [0.2, 0.25) is 5.91 Å². The van der Waals surface area contributed by atoms with Gasteiger partial charge in [-0.2, -0.15) is 0 Å². The van der Waals surface area contributed by atoms with Crippen molar-refractivity contribution in [2.24, 2.45) is 0 Å². The van der Waals surface area contributed by atoms with Crippen LogP contribution in [0.3, 0.4) is 0 Å². The first kappa shape index (κ1) is 19.2. The molecule has 29 heavy (non-hydrogen) atoms. The molecule has 5 nitrogen and oxygen atoms in total. The first-order valence-corrected chi connectivity index (χ1v) is 10.2. The molecular weight excluding hydrogens is 384 g/mol. The number of nitrogens with one attached hydrogen (secondary N) is 1. The molecule has 148 valence electrons.